The van der Waals surface area contributed by atoms with E-state index in [1.54, 1.807) is 0 Å². The summed E-state index contributed by atoms with van der Waals surface area (Å²) in [7, 11) is 1.93. The molecule has 7 heteroatoms. The van der Waals surface area contributed by atoms with Crippen molar-refractivity contribution in [3.8, 4) is 0 Å². The van der Waals surface area contributed by atoms with E-state index in [1.165, 1.54) is 11.3 Å². The quantitative estimate of drug-likeness (QED) is 0.880. The van der Waals surface area contributed by atoms with E-state index in [1.807, 2.05) is 25.8 Å². The number of anilines is 2. The van der Waals surface area contributed by atoms with Crippen LogP contribution in [0.2, 0.25) is 0 Å². The molecule has 1 fully saturated rings. The van der Waals surface area contributed by atoms with Gasteiger partial charge in [0.25, 0.3) is 5.91 Å². The number of rotatable bonds is 4. The van der Waals surface area contributed by atoms with Crippen molar-refractivity contribution in [1.29, 1.82) is 0 Å². The van der Waals surface area contributed by atoms with Gasteiger partial charge in [0.2, 0.25) is 0 Å². The van der Waals surface area contributed by atoms with Crippen molar-refractivity contribution in [2.75, 3.05) is 30.8 Å². The summed E-state index contributed by atoms with van der Waals surface area (Å²) in [6.07, 6.45) is 1.87. The molecule has 1 saturated heterocycles. The van der Waals surface area contributed by atoms with E-state index < -0.39 is 0 Å². The summed E-state index contributed by atoms with van der Waals surface area (Å²) >= 11 is 1.34. The molecule has 6 nitrogen and oxygen atoms in total. The number of carbonyl (C=O) groups excluding carboxylic acids is 1. The molecule has 0 spiro atoms. The number of hydrogen-bond acceptors (Lipinski definition) is 6. The number of amides is 1. The molecule has 20 heavy (non-hydrogen) atoms. The van der Waals surface area contributed by atoms with Gasteiger partial charge in [-0.3, -0.25) is 4.79 Å². The van der Waals surface area contributed by atoms with Gasteiger partial charge >= 0.3 is 0 Å². The maximum absolute atomic E-state index is 12.3. The third kappa shape index (κ3) is 3.40. The molecule has 0 aliphatic carbocycles. The predicted octanol–water partition coefficient (Wildman–Crippen LogP) is 1.48. The molecule has 0 saturated carbocycles. The van der Waals surface area contributed by atoms with Crippen LogP contribution in [0.4, 0.5) is 10.9 Å². The zero-order valence-corrected chi connectivity index (χ0v) is 13.0. The summed E-state index contributed by atoms with van der Waals surface area (Å²) in [6, 6.07) is 0.153. The van der Waals surface area contributed by atoms with Crippen molar-refractivity contribution in [2.24, 2.45) is 0 Å². The lowest BCUT2D eigenvalue weighted by Crippen LogP contribution is -2.41. The minimum Gasteiger partial charge on any atom is -0.382 e. The first-order chi connectivity index (χ1) is 9.51. The Morgan fingerprint density at radius 2 is 2.40 bits per heavy atom. The van der Waals surface area contributed by atoms with E-state index in [0.717, 1.165) is 24.5 Å². The number of nitrogen functional groups attached to an aromatic ring is 1. The van der Waals surface area contributed by atoms with E-state index in [-0.39, 0.29) is 18.1 Å². The van der Waals surface area contributed by atoms with E-state index in [2.05, 4.69) is 10.3 Å². The fraction of sp³-hybridized carbons (Fsp3) is 0.692. The van der Waals surface area contributed by atoms with Gasteiger partial charge < -0.3 is 20.7 Å². The maximum Gasteiger partial charge on any atom is 0.265 e. The summed E-state index contributed by atoms with van der Waals surface area (Å²) in [5.74, 6) is 0.178. The van der Waals surface area contributed by atoms with Crippen LogP contribution in [0.3, 0.4) is 0 Å². The predicted molar refractivity (Wildman–Crippen MR) is 81.4 cm³/mol. The monoisotopic (exact) mass is 298 g/mol. The SMILES string of the molecule is CCN(C)c1nc(N)c(C(=O)NC2CCOC(C)C2)s1. The van der Waals surface area contributed by atoms with Gasteiger partial charge in [0, 0.05) is 26.2 Å². The van der Waals surface area contributed by atoms with Gasteiger partial charge in [-0.2, -0.15) is 0 Å². The summed E-state index contributed by atoms with van der Waals surface area (Å²) in [4.78, 5) is 19.0. The minimum absolute atomic E-state index is 0.130. The minimum atomic E-state index is -0.130. The Morgan fingerprint density at radius 1 is 1.65 bits per heavy atom. The molecule has 1 aromatic rings. The average molecular weight is 298 g/mol. The Hall–Kier alpha value is -1.34. The number of thiazole rings is 1. The Bertz CT molecular complexity index is 477. The molecule has 1 aliphatic rings. The molecule has 2 rings (SSSR count). The topological polar surface area (TPSA) is 80.5 Å². The first kappa shape index (κ1) is 15.1. The molecule has 2 atom stereocenters. The summed E-state index contributed by atoms with van der Waals surface area (Å²) in [5, 5.41) is 3.80. The normalized spacial score (nSPS) is 22.6. The van der Waals surface area contributed by atoms with E-state index >= 15 is 0 Å². The maximum atomic E-state index is 12.3. The second-order valence-corrected chi connectivity index (χ2v) is 6.08. The summed E-state index contributed by atoms with van der Waals surface area (Å²) in [6.45, 7) is 5.56. The molecular formula is C13H22N4O2S. The molecule has 2 unspecified atom stereocenters. The van der Waals surface area contributed by atoms with Crippen LogP contribution < -0.4 is 16.0 Å². The third-order valence-corrected chi connectivity index (χ3v) is 4.65. The second kappa shape index (κ2) is 6.41. The fourth-order valence-corrected chi connectivity index (χ4v) is 3.07. The van der Waals surface area contributed by atoms with Crippen LogP contribution in [0.5, 0.6) is 0 Å². The zero-order valence-electron chi connectivity index (χ0n) is 12.2. The fourth-order valence-electron chi connectivity index (χ4n) is 2.16. The molecule has 1 amide bonds. The van der Waals surface area contributed by atoms with E-state index in [4.69, 9.17) is 10.5 Å². The number of nitrogens with one attached hydrogen (secondary N) is 1. The van der Waals surface area contributed by atoms with Crippen LogP contribution >= 0.6 is 11.3 Å². The first-order valence-electron chi connectivity index (χ1n) is 6.91. The Kier molecular flexibility index (Phi) is 4.82. The average Bonchev–Trinajstić information content (AvgIpc) is 2.80. The number of nitrogens with zero attached hydrogens (tertiary/aromatic N) is 2. The lowest BCUT2D eigenvalue weighted by atomic mass is 10.0. The highest BCUT2D eigenvalue weighted by atomic mass is 32.1. The Balaban J connectivity index is 2.03. The largest absolute Gasteiger partial charge is 0.382 e. The van der Waals surface area contributed by atoms with Crippen molar-refractivity contribution >= 4 is 28.2 Å². The molecule has 1 aliphatic heterocycles. The number of carbonyl (C=O) groups is 1. The highest BCUT2D eigenvalue weighted by Crippen LogP contribution is 2.27. The van der Waals surface area contributed by atoms with Crippen LogP contribution in [0.25, 0.3) is 0 Å². The van der Waals surface area contributed by atoms with Crippen molar-refractivity contribution in [3.05, 3.63) is 4.88 Å². The van der Waals surface area contributed by atoms with Gasteiger partial charge in [0.1, 0.15) is 10.7 Å². The third-order valence-electron chi connectivity index (χ3n) is 3.47. The molecule has 0 bridgehead atoms. The molecule has 0 radical (unpaired) electrons. The first-order valence-corrected chi connectivity index (χ1v) is 7.72. The number of aromatic nitrogens is 1. The summed E-state index contributed by atoms with van der Waals surface area (Å²) < 4.78 is 5.48. The number of ether oxygens (including phenoxy) is 1. The van der Waals surface area contributed by atoms with Gasteiger partial charge in [0.15, 0.2) is 5.13 Å². The number of hydrogen-bond donors (Lipinski definition) is 2. The molecule has 0 aromatic carbocycles. The Morgan fingerprint density at radius 3 is 3.05 bits per heavy atom. The standard InChI is InChI=1S/C13H22N4O2S/c1-4-17(3)13-16-11(14)10(20-13)12(18)15-9-5-6-19-8(2)7-9/h8-9H,4-7,14H2,1-3H3,(H,15,18). The molecule has 3 N–H and O–H groups in total. The van der Waals surface area contributed by atoms with Crippen LogP contribution in [-0.2, 0) is 4.74 Å². The molecule has 2 heterocycles. The smallest absolute Gasteiger partial charge is 0.265 e. The molecule has 1 aromatic heterocycles. The van der Waals surface area contributed by atoms with Crippen molar-refractivity contribution in [3.63, 3.8) is 0 Å². The van der Waals surface area contributed by atoms with E-state index in [9.17, 15) is 4.79 Å². The summed E-state index contributed by atoms with van der Waals surface area (Å²) in [5.41, 5.74) is 5.85. The number of nitrogens with two attached hydrogens (primary N) is 1. The second-order valence-electron chi connectivity index (χ2n) is 5.10. The van der Waals surface area contributed by atoms with Crippen molar-refractivity contribution in [2.45, 2.75) is 38.8 Å². The Labute approximate surface area is 123 Å². The van der Waals surface area contributed by atoms with Gasteiger partial charge in [0.05, 0.1) is 6.10 Å². The van der Waals surface area contributed by atoms with E-state index in [0.29, 0.717) is 17.3 Å². The highest BCUT2D eigenvalue weighted by molar-refractivity contribution is 7.18. The zero-order chi connectivity index (χ0) is 14.7. The highest BCUT2D eigenvalue weighted by Gasteiger charge is 2.24. The van der Waals surface area contributed by atoms with Crippen molar-refractivity contribution < 1.29 is 9.53 Å². The van der Waals surface area contributed by atoms with Gasteiger partial charge in [-0.05, 0) is 26.7 Å². The van der Waals surface area contributed by atoms with Gasteiger partial charge in [-0.15, -0.1) is 0 Å². The van der Waals surface area contributed by atoms with Crippen LogP contribution in [-0.4, -0.2) is 43.2 Å². The van der Waals surface area contributed by atoms with Gasteiger partial charge in [-0.1, -0.05) is 11.3 Å². The molecular weight excluding hydrogens is 276 g/mol. The lowest BCUT2D eigenvalue weighted by molar-refractivity contribution is 0.0137. The lowest BCUT2D eigenvalue weighted by Gasteiger charge is -2.27. The van der Waals surface area contributed by atoms with Gasteiger partial charge in [-0.25, -0.2) is 4.98 Å². The molecule has 112 valence electrons. The van der Waals surface area contributed by atoms with Crippen LogP contribution in [0, 0.1) is 0 Å². The van der Waals surface area contributed by atoms with Crippen molar-refractivity contribution in [1.82, 2.24) is 10.3 Å². The van der Waals surface area contributed by atoms with Crippen LogP contribution in [0.1, 0.15) is 36.4 Å². The van der Waals surface area contributed by atoms with Crippen LogP contribution in [0.15, 0.2) is 0 Å².